The van der Waals surface area contributed by atoms with Crippen LogP contribution in [0.4, 0.5) is 0 Å². The van der Waals surface area contributed by atoms with Crippen molar-refractivity contribution in [3.8, 4) is 0 Å². The minimum absolute atomic E-state index is 0.179. The van der Waals surface area contributed by atoms with E-state index in [1.54, 1.807) is 0 Å². The van der Waals surface area contributed by atoms with Gasteiger partial charge in [-0.1, -0.05) is 30.3 Å². The van der Waals surface area contributed by atoms with Crippen LogP contribution in [0.15, 0.2) is 36.0 Å². The Bertz CT molecular complexity index is 783. The van der Waals surface area contributed by atoms with Crippen molar-refractivity contribution in [1.82, 2.24) is 8.61 Å². The lowest BCUT2D eigenvalue weighted by Crippen LogP contribution is -2.39. The third kappa shape index (κ3) is 3.68. The second kappa shape index (κ2) is 6.02. The van der Waals surface area contributed by atoms with Crippen LogP contribution in [0.2, 0.25) is 0 Å². The molecule has 0 saturated heterocycles. The highest BCUT2D eigenvalue weighted by Crippen LogP contribution is 2.30. The van der Waals surface area contributed by atoms with Gasteiger partial charge in [0.05, 0.1) is 12.5 Å². The van der Waals surface area contributed by atoms with E-state index in [0.29, 0.717) is 12.1 Å². The van der Waals surface area contributed by atoms with E-state index < -0.39 is 20.0 Å². The Morgan fingerprint density at radius 2 is 1.64 bits per heavy atom. The molecule has 0 fully saturated rings. The standard InChI is InChI=1S/C14H20N2O4S2/c1-15(21(2,17)18)14-9-10-16(22(3,19)20)11-13(14)12-7-5-4-6-8-12/h4-8H,9-11H2,1-3H3. The summed E-state index contributed by atoms with van der Waals surface area (Å²) in [6, 6.07) is 9.27. The fourth-order valence-electron chi connectivity index (χ4n) is 2.46. The molecule has 1 aromatic rings. The highest BCUT2D eigenvalue weighted by Gasteiger charge is 2.29. The largest absolute Gasteiger partial charge is 0.277 e. The first-order valence-corrected chi connectivity index (χ1v) is 10.5. The average Bonchev–Trinajstić information content (AvgIpc) is 2.45. The molecule has 0 N–H and O–H groups in total. The second-order valence-electron chi connectivity index (χ2n) is 5.37. The first kappa shape index (κ1) is 17.0. The Morgan fingerprint density at radius 1 is 1.05 bits per heavy atom. The Balaban J connectivity index is 2.55. The molecule has 1 heterocycles. The van der Waals surface area contributed by atoms with Crippen molar-refractivity contribution in [2.24, 2.45) is 0 Å². The Hall–Kier alpha value is -1.38. The SMILES string of the molecule is CN(C1=C(c2ccccc2)CN(S(C)(=O)=O)CC1)S(C)(=O)=O. The summed E-state index contributed by atoms with van der Waals surface area (Å²) in [7, 11) is -5.21. The normalized spacial score (nSPS) is 17.6. The van der Waals surface area contributed by atoms with Crippen LogP contribution in [-0.4, -0.2) is 58.1 Å². The Labute approximate surface area is 132 Å². The van der Waals surface area contributed by atoms with Crippen molar-refractivity contribution in [3.05, 3.63) is 41.6 Å². The molecule has 6 nitrogen and oxygen atoms in total. The van der Waals surface area contributed by atoms with E-state index in [0.717, 1.165) is 17.4 Å². The lowest BCUT2D eigenvalue weighted by molar-refractivity contribution is 0.417. The van der Waals surface area contributed by atoms with Gasteiger partial charge < -0.3 is 0 Å². The van der Waals surface area contributed by atoms with E-state index in [2.05, 4.69) is 0 Å². The molecule has 1 aromatic carbocycles. The number of nitrogens with zero attached hydrogens (tertiary/aromatic N) is 2. The molecule has 0 atom stereocenters. The van der Waals surface area contributed by atoms with Gasteiger partial charge in [0.15, 0.2) is 0 Å². The van der Waals surface area contributed by atoms with Gasteiger partial charge >= 0.3 is 0 Å². The van der Waals surface area contributed by atoms with Crippen LogP contribution >= 0.6 is 0 Å². The molecule has 122 valence electrons. The molecule has 8 heteroatoms. The zero-order valence-electron chi connectivity index (χ0n) is 12.9. The van der Waals surface area contributed by atoms with Crippen molar-refractivity contribution in [1.29, 1.82) is 0 Å². The molecule has 0 amide bonds. The third-order valence-electron chi connectivity index (χ3n) is 3.75. The molecule has 0 saturated carbocycles. The molecule has 0 radical (unpaired) electrons. The number of rotatable bonds is 4. The fourth-order valence-corrected chi connectivity index (χ4v) is 3.84. The maximum absolute atomic E-state index is 11.8. The van der Waals surface area contributed by atoms with Crippen molar-refractivity contribution >= 4 is 25.6 Å². The molecule has 2 rings (SSSR count). The summed E-state index contributed by atoms with van der Waals surface area (Å²) in [5.41, 5.74) is 2.21. The lowest BCUT2D eigenvalue weighted by atomic mass is 9.99. The summed E-state index contributed by atoms with van der Waals surface area (Å²) in [4.78, 5) is 0. The van der Waals surface area contributed by atoms with Gasteiger partial charge in [-0.15, -0.1) is 0 Å². The van der Waals surface area contributed by atoms with E-state index in [9.17, 15) is 16.8 Å². The minimum atomic E-state index is -3.39. The van der Waals surface area contributed by atoms with Crippen molar-refractivity contribution < 1.29 is 16.8 Å². The zero-order chi connectivity index (χ0) is 16.5. The van der Waals surface area contributed by atoms with Crippen LogP contribution in [0.5, 0.6) is 0 Å². The van der Waals surface area contributed by atoms with Crippen LogP contribution in [0, 0.1) is 0 Å². The molecular weight excluding hydrogens is 324 g/mol. The van der Waals surface area contributed by atoms with Crippen LogP contribution in [0.1, 0.15) is 12.0 Å². The van der Waals surface area contributed by atoms with Crippen LogP contribution in [0.3, 0.4) is 0 Å². The predicted molar refractivity (Wildman–Crippen MR) is 87.0 cm³/mol. The van der Waals surface area contributed by atoms with Gasteiger partial charge in [-0.3, -0.25) is 4.31 Å². The minimum Gasteiger partial charge on any atom is -0.277 e. The first-order chi connectivity index (χ1) is 10.1. The van der Waals surface area contributed by atoms with Gasteiger partial charge in [0.25, 0.3) is 0 Å². The summed E-state index contributed by atoms with van der Waals surface area (Å²) >= 11 is 0. The van der Waals surface area contributed by atoms with Gasteiger partial charge in [-0.05, 0) is 11.1 Å². The van der Waals surface area contributed by atoms with Crippen LogP contribution < -0.4 is 0 Å². The third-order valence-corrected chi connectivity index (χ3v) is 6.21. The topological polar surface area (TPSA) is 74.8 Å². The fraction of sp³-hybridized carbons (Fsp3) is 0.429. The summed E-state index contributed by atoms with van der Waals surface area (Å²) in [5, 5.41) is 0. The number of hydrogen-bond donors (Lipinski definition) is 0. The van der Waals surface area contributed by atoms with Gasteiger partial charge in [-0.2, -0.15) is 4.31 Å². The molecule has 0 aromatic heterocycles. The molecule has 22 heavy (non-hydrogen) atoms. The molecule has 1 aliphatic rings. The zero-order valence-corrected chi connectivity index (χ0v) is 14.5. The average molecular weight is 344 g/mol. The molecule has 0 bridgehead atoms. The summed E-state index contributed by atoms with van der Waals surface area (Å²) in [5.74, 6) is 0. The smallest absolute Gasteiger partial charge is 0.231 e. The van der Waals surface area contributed by atoms with Gasteiger partial charge in [0.1, 0.15) is 0 Å². The van der Waals surface area contributed by atoms with E-state index in [4.69, 9.17) is 0 Å². The molecule has 0 unspecified atom stereocenters. The van der Waals surface area contributed by atoms with E-state index >= 15 is 0 Å². The molecule has 0 spiro atoms. The van der Waals surface area contributed by atoms with Crippen molar-refractivity contribution in [2.45, 2.75) is 6.42 Å². The van der Waals surface area contributed by atoms with E-state index in [1.807, 2.05) is 30.3 Å². The summed E-state index contributed by atoms with van der Waals surface area (Å²) < 4.78 is 49.9. The maximum atomic E-state index is 11.8. The number of sulfonamides is 2. The van der Waals surface area contributed by atoms with Crippen LogP contribution in [0.25, 0.3) is 5.57 Å². The summed E-state index contributed by atoms with van der Waals surface area (Å²) in [6.45, 7) is 0.461. The maximum Gasteiger partial charge on any atom is 0.231 e. The van der Waals surface area contributed by atoms with Gasteiger partial charge in [-0.25, -0.2) is 16.8 Å². The number of benzene rings is 1. The second-order valence-corrected chi connectivity index (χ2v) is 9.36. The van der Waals surface area contributed by atoms with Gasteiger partial charge in [0, 0.05) is 32.3 Å². The molecule has 1 aliphatic heterocycles. The highest BCUT2D eigenvalue weighted by molar-refractivity contribution is 7.88. The monoisotopic (exact) mass is 344 g/mol. The van der Waals surface area contributed by atoms with E-state index in [-0.39, 0.29) is 13.1 Å². The van der Waals surface area contributed by atoms with Crippen LogP contribution in [-0.2, 0) is 20.0 Å². The lowest BCUT2D eigenvalue weighted by Gasteiger charge is -2.33. The Morgan fingerprint density at radius 3 is 2.14 bits per heavy atom. The van der Waals surface area contributed by atoms with Crippen molar-refractivity contribution in [3.63, 3.8) is 0 Å². The van der Waals surface area contributed by atoms with E-state index in [1.165, 1.54) is 21.9 Å². The molecular formula is C14H20N2O4S2. The molecule has 0 aliphatic carbocycles. The Kier molecular flexibility index (Phi) is 4.65. The summed E-state index contributed by atoms with van der Waals surface area (Å²) in [6.07, 6.45) is 2.67. The van der Waals surface area contributed by atoms with Crippen molar-refractivity contribution in [2.75, 3.05) is 32.6 Å². The predicted octanol–water partition coefficient (Wildman–Crippen LogP) is 0.954. The number of hydrogen-bond acceptors (Lipinski definition) is 4. The van der Waals surface area contributed by atoms with Gasteiger partial charge in [0.2, 0.25) is 20.0 Å². The first-order valence-electron chi connectivity index (χ1n) is 6.77. The highest BCUT2D eigenvalue weighted by atomic mass is 32.2. The quantitative estimate of drug-likeness (QED) is 0.815.